The van der Waals surface area contributed by atoms with E-state index in [9.17, 15) is 14.7 Å². The van der Waals surface area contributed by atoms with E-state index < -0.39 is 17.9 Å². The van der Waals surface area contributed by atoms with Crippen LogP contribution in [-0.4, -0.2) is 41.8 Å². The summed E-state index contributed by atoms with van der Waals surface area (Å²) in [5.74, 6) is -0.619. The second kappa shape index (κ2) is 9.42. The first-order valence-corrected chi connectivity index (χ1v) is 8.47. The Bertz CT molecular complexity index is 577. The topological polar surface area (TPSA) is 84.9 Å². The van der Waals surface area contributed by atoms with Crippen molar-refractivity contribution in [3.8, 4) is 5.75 Å². The maximum atomic E-state index is 12.0. The number of hydrogen-bond donors (Lipinski definition) is 2. The van der Waals surface area contributed by atoms with Crippen LogP contribution in [-0.2, 0) is 14.3 Å². The van der Waals surface area contributed by atoms with Crippen molar-refractivity contribution in [2.75, 3.05) is 13.2 Å². The third-order valence-electron chi connectivity index (χ3n) is 3.47. The molecule has 25 heavy (non-hydrogen) atoms. The van der Waals surface area contributed by atoms with Gasteiger partial charge in [0.15, 0.2) is 6.61 Å². The van der Waals surface area contributed by atoms with Crippen molar-refractivity contribution >= 4 is 11.9 Å². The van der Waals surface area contributed by atoms with Crippen LogP contribution in [0.2, 0.25) is 0 Å². The van der Waals surface area contributed by atoms with Crippen LogP contribution in [0.5, 0.6) is 5.75 Å². The first-order valence-electron chi connectivity index (χ1n) is 8.47. The van der Waals surface area contributed by atoms with Gasteiger partial charge in [0.25, 0.3) is 5.91 Å². The molecule has 0 radical (unpaired) electrons. The molecule has 1 rings (SSSR count). The molecule has 0 spiro atoms. The van der Waals surface area contributed by atoms with Gasteiger partial charge in [-0.15, -0.1) is 0 Å². The van der Waals surface area contributed by atoms with Crippen molar-refractivity contribution in [2.45, 2.75) is 58.6 Å². The van der Waals surface area contributed by atoms with Crippen LogP contribution >= 0.6 is 0 Å². The lowest BCUT2D eigenvalue weighted by atomic mass is 10.0. The molecule has 0 fully saturated rings. The van der Waals surface area contributed by atoms with Crippen LogP contribution in [0.3, 0.4) is 0 Å². The summed E-state index contributed by atoms with van der Waals surface area (Å²) >= 11 is 0. The van der Waals surface area contributed by atoms with Crippen LogP contribution in [0.4, 0.5) is 0 Å². The molecule has 0 heterocycles. The number of carboxylic acid groups (broad SMARTS) is 1. The van der Waals surface area contributed by atoms with E-state index in [1.165, 1.54) is 0 Å². The lowest BCUT2D eigenvalue weighted by Gasteiger charge is -2.21. The van der Waals surface area contributed by atoms with Gasteiger partial charge in [0.2, 0.25) is 0 Å². The second-order valence-electron chi connectivity index (χ2n) is 7.22. The highest BCUT2D eigenvalue weighted by Gasteiger charge is 2.21. The Kier molecular flexibility index (Phi) is 7.90. The summed E-state index contributed by atoms with van der Waals surface area (Å²) in [5.41, 5.74) is 0.762. The number of benzene rings is 1. The zero-order valence-electron chi connectivity index (χ0n) is 15.7. The zero-order valence-corrected chi connectivity index (χ0v) is 15.7. The SMILES string of the molecule is CC(C)c1cccc(OCC(=O)NC(CCOC(C)(C)C)C(=O)O)c1. The third-order valence-corrected chi connectivity index (χ3v) is 3.47. The third kappa shape index (κ3) is 8.54. The summed E-state index contributed by atoms with van der Waals surface area (Å²) < 4.78 is 11.0. The van der Waals surface area contributed by atoms with Gasteiger partial charge in [-0.2, -0.15) is 0 Å². The molecule has 0 aliphatic heterocycles. The average molecular weight is 351 g/mol. The van der Waals surface area contributed by atoms with E-state index in [0.29, 0.717) is 11.7 Å². The summed E-state index contributed by atoms with van der Waals surface area (Å²) in [6, 6.07) is 6.51. The molecule has 0 saturated carbocycles. The standard InChI is InChI=1S/C19H29NO5/c1-13(2)14-7-6-8-15(11-14)24-12-17(21)20-16(18(22)23)9-10-25-19(3,4)5/h6-8,11,13,16H,9-10,12H2,1-5H3,(H,20,21)(H,22,23). The number of aliphatic carboxylic acids is 1. The van der Waals surface area contributed by atoms with Crippen LogP contribution in [0.15, 0.2) is 24.3 Å². The number of amides is 1. The van der Waals surface area contributed by atoms with Gasteiger partial charge < -0.3 is 19.9 Å². The molecule has 0 aromatic heterocycles. The quantitative estimate of drug-likeness (QED) is 0.714. The molecule has 1 aromatic carbocycles. The fourth-order valence-corrected chi connectivity index (χ4v) is 2.09. The van der Waals surface area contributed by atoms with Crippen molar-refractivity contribution in [1.29, 1.82) is 0 Å². The second-order valence-corrected chi connectivity index (χ2v) is 7.22. The van der Waals surface area contributed by atoms with Gasteiger partial charge in [0.1, 0.15) is 11.8 Å². The number of carboxylic acids is 1. The smallest absolute Gasteiger partial charge is 0.326 e. The molecule has 1 atom stereocenters. The maximum absolute atomic E-state index is 12.0. The number of nitrogens with one attached hydrogen (secondary N) is 1. The van der Waals surface area contributed by atoms with Gasteiger partial charge in [-0.25, -0.2) is 4.79 Å². The fraction of sp³-hybridized carbons (Fsp3) is 0.579. The van der Waals surface area contributed by atoms with Gasteiger partial charge in [-0.3, -0.25) is 4.79 Å². The molecule has 0 bridgehead atoms. The highest BCUT2D eigenvalue weighted by molar-refractivity contribution is 5.84. The molecule has 1 unspecified atom stereocenters. The molecule has 6 heteroatoms. The van der Waals surface area contributed by atoms with Crippen LogP contribution in [0, 0.1) is 0 Å². The van der Waals surface area contributed by atoms with Crippen molar-refractivity contribution < 1.29 is 24.2 Å². The highest BCUT2D eigenvalue weighted by Crippen LogP contribution is 2.20. The maximum Gasteiger partial charge on any atom is 0.326 e. The Morgan fingerprint density at radius 1 is 1.24 bits per heavy atom. The minimum Gasteiger partial charge on any atom is -0.484 e. The number of ether oxygens (including phenoxy) is 2. The Labute approximate surface area is 149 Å². The number of carbonyl (C=O) groups excluding carboxylic acids is 1. The molecule has 1 amide bonds. The first-order chi connectivity index (χ1) is 11.6. The molecule has 0 saturated heterocycles. The number of rotatable bonds is 9. The Morgan fingerprint density at radius 2 is 1.92 bits per heavy atom. The van der Waals surface area contributed by atoms with Gasteiger partial charge in [-0.1, -0.05) is 26.0 Å². The minimum atomic E-state index is -1.09. The van der Waals surface area contributed by atoms with E-state index in [2.05, 4.69) is 19.2 Å². The van der Waals surface area contributed by atoms with E-state index >= 15 is 0 Å². The first kappa shape index (κ1) is 21.0. The lowest BCUT2D eigenvalue weighted by molar-refractivity contribution is -0.143. The normalized spacial score (nSPS) is 12.7. The highest BCUT2D eigenvalue weighted by atomic mass is 16.5. The van der Waals surface area contributed by atoms with Crippen LogP contribution < -0.4 is 10.1 Å². The Hall–Kier alpha value is -2.08. The van der Waals surface area contributed by atoms with Gasteiger partial charge in [0.05, 0.1) is 5.60 Å². The van der Waals surface area contributed by atoms with E-state index in [-0.39, 0.29) is 25.2 Å². The van der Waals surface area contributed by atoms with Crippen LogP contribution in [0.1, 0.15) is 52.5 Å². The molecule has 0 aliphatic rings. The summed E-state index contributed by atoms with van der Waals surface area (Å²) in [6.07, 6.45) is 0.196. The van der Waals surface area contributed by atoms with Crippen molar-refractivity contribution in [3.63, 3.8) is 0 Å². The summed E-state index contributed by atoms with van der Waals surface area (Å²) in [7, 11) is 0. The van der Waals surface area contributed by atoms with E-state index in [0.717, 1.165) is 5.56 Å². The average Bonchev–Trinajstić information content (AvgIpc) is 2.51. The summed E-state index contributed by atoms with van der Waals surface area (Å²) in [4.78, 5) is 23.2. The predicted octanol–water partition coefficient (Wildman–Crippen LogP) is 2.96. The summed E-state index contributed by atoms with van der Waals surface area (Å²) in [5, 5.41) is 11.7. The largest absolute Gasteiger partial charge is 0.484 e. The number of carbonyl (C=O) groups is 2. The summed E-state index contributed by atoms with van der Waals surface area (Å²) in [6.45, 7) is 9.83. The molecule has 6 nitrogen and oxygen atoms in total. The number of hydrogen-bond acceptors (Lipinski definition) is 4. The minimum absolute atomic E-state index is 0.196. The van der Waals surface area contributed by atoms with Crippen LogP contribution in [0.25, 0.3) is 0 Å². The van der Waals surface area contributed by atoms with E-state index in [4.69, 9.17) is 9.47 Å². The zero-order chi connectivity index (χ0) is 19.0. The molecular formula is C19H29NO5. The lowest BCUT2D eigenvalue weighted by Crippen LogP contribution is -2.44. The Morgan fingerprint density at radius 3 is 2.48 bits per heavy atom. The Balaban J connectivity index is 2.49. The molecule has 1 aromatic rings. The van der Waals surface area contributed by atoms with Gasteiger partial charge in [0, 0.05) is 13.0 Å². The fourth-order valence-electron chi connectivity index (χ4n) is 2.09. The van der Waals surface area contributed by atoms with E-state index in [1.807, 2.05) is 39.0 Å². The van der Waals surface area contributed by atoms with E-state index in [1.54, 1.807) is 6.07 Å². The molecule has 140 valence electrons. The van der Waals surface area contributed by atoms with Gasteiger partial charge >= 0.3 is 5.97 Å². The molecular weight excluding hydrogens is 322 g/mol. The monoisotopic (exact) mass is 351 g/mol. The van der Waals surface area contributed by atoms with Crippen molar-refractivity contribution in [1.82, 2.24) is 5.32 Å². The molecule has 0 aliphatic carbocycles. The van der Waals surface area contributed by atoms with Crippen molar-refractivity contribution in [3.05, 3.63) is 29.8 Å². The predicted molar refractivity (Wildman–Crippen MR) is 95.9 cm³/mol. The van der Waals surface area contributed by atoms with Crippen molar-refractivity contribution in [2.24, 2.45) is 0 Å². The molecule has 2 N–H and O–H groups in total. The van der Waals surface area contributed by atoms with Gasteiger partial charge in [-0.05, 0) is 44.4 Å².